The zero-order chi connectivity index (χ0) is 24.7. The van der Waals surface area contributed by atoms with Crippen molar-refractivity contribution >= 4 is 51.9 Å². The lowest BCUT2D eigenvalue weighted by atomic mass is 9.95. The van der Waals surface area contributed by atoms with Gasteiger partial charge in [-0.2, -0.15) is 0 Å². The molecular weight excluding hydrogens is 485 g/mol. The van der Waals surface area contributed by atoms with Crippen molar-refractivity contribution in [3.63, 3.8) is 0 Å². The first kappa shape index (κ1) is 23.6. The molecule has 0 atom stereocenters. The van der Waals surface area contributed by atoms with Crippen molar-refractivity contribution in [2.75, 3.05) is 7.11 Å². The van der Waals surface area contributed by atoms with E-state index in [2.05, 4.69) is 14.9 Å². The second kappa shape index (κ2) is 9.47. The largest absolute Gasteiger partial charge is 0.465 e. The van der Waals surface area contributed by atoms with E-state index < -0.39 is 0 Å². The molecule has 3 heterocycles. The molecule has 1 aliphatic heterocycles. The van der Waals surface area contributed by atoms with Crippen LogP contribution in [-0.2, 0) is 22.4 Å². The molecule has 0 spiro atoms. The fourth-order valence-corrected chi connectivity index (χ4v) is 6.84. The monoisotopic (exact) mass is 509 g/mol. The Bertz CT molecular complexity index is 1400. The van der Waals surface area contributed by atoms with Gasteiger partial charge in [-0.1, -0.05) is 0 Å². The van der Waals surface area contributed by atoms with Crippen LogP contribution in [0.25, 0.3) is 11.1 Å². The lowest BCUT2D eigenvalue weighted by Crippen LogP contribution is -2.19. The molecule has 2 aliphatic rings. The van der Waals surface area contributed by atoms with E-state index in [0.717, 1.165) is 53.2 Å². The standard InChI is InChI=1S/C26H24FN3O3S2/c1-14-12-16(13-21-23(31)29-26(35-21)28-18-10-8-17(27)9-11-18)15(2)30(14)24-22(25(32)33-3)19-6-4-5-7-20(19)34-24/h8-13H,4-7H2,1-3H3,(H,28,29,31)/b21-13-. The number of esters is 1. The number of aryl methyl sites for hydroxylation is 2. The molecule has 3 aromatic rings. The van der Waals surface area contributed by atoms with Crippen LogP contribution >= 0.6 is 23.1 Å². The van der Waals surface area contributed by atoms with Gasteiger partial charge in [0.2, 0.25) is 0 Å². The second-order valence-corrected chi connectivity index (χ2v) is 10.6. The van der Waals surface area contributed by atoms with E-state index in [4.69, 9.17) is 4.74 Å². The summed E-state index contributed by atoms with van der Waals surface area (Å²) in [6, 6.07) is 7.80. The number of hydrogen-bond donors (Lipinski definition) is 1. The molecule has 1 fully saturated rings. The first-order chi connectivity index (χ1) is 16.9. The Hall–Kier alpha value is -3.17. The zero-order valence-corrected chi connectivity index (χ0v) is 21.2. The maximum atomic E-state index is 13.2. The highest BCUT2D eigenvalue weighted by molar-refractivity contribution is 8.18. The Morgan fingerprint density at radius 2 is 1.94 bits per heavy atom. The number of carbonyl (C=O) groups is 2. The van der Waals surface area contributed by atoms with Crippen molar-refractivity contribution < 1.29 is 18.7 Å². The van der Waals surface area contributed by atoms with E-state index in [9.17, 15) is 14.0 Å². The minimum atomic E-state index is -0.338. The van der Waals surface area contributed by atoms with E-state index in [0.29, 0.717) is 21.3 Å². The zero-order valence-electron chi connectivity index (χ0n) is 19.6. The normalized spacial score (nSPS) is 17.7. The lowest BCUT2D eigenvalue weighted by molar-refractivity contribution is -0.115. The number of nitrogens with zero attached hydrogens (tertiary/aromatic N) is 2. The lowest BCUT2D eigenvalue weighted by Gasteiger charge is -2.12. The first-order valence-electron chi connectivity index (χ1n) is 11.3. The van der Waals surface area contributed by atoms with Crippen LogP contribution in [0.2, 0.25) is 0 Å². The minimum absolute atomic E-state index is 0.234. The van der Waals surface area contributed by atoms with Gasteiger partial charge in [-0.15, -0.1) is 11.3 Å². The molecule has 0 saturated carbocycles. The first-order valence-corrected chi connectivity index (χ1v) is 13.0. The average Bonchev–Trinajstić information content (AvgIpc) is 3.47. The molecule has 0 unspecified atom stereocenters. The molecule has 1 amide bonds. The van der Waals surface area contributed by atoms with Crippen molar-refractivity contribution in [1.82, 2.24) is 9.88 Å². The van der Waals surface area contributed by atoms with Gasteiger partial charge in [0.25, 0.3) is 5.91 Å². The van der Waals surface area contributed by atoms with E-state index in [1.807, 2.05) is 26.0 Å². The van der Waals surface area contributed by atoms with Gasteiger partial charge >= 0.3 is 5.97 Å². The summed E-state index contributed by atoms with van der Waals surface area (Å²) in [5, 5.41) is 4.10. The Labute approximate surface area is 210 Å². The quantitative estimate of drug-likeness (QED) is 0.354. The number of halogens is 1. The number of hydrogen-bond acceptors (Lipinski definition) is 6. The van der Waals surface area contributed by atoms with Crippen molar-refractivity contribution in [2.24, 2.45) is 4.99 Å². The van der Waals surface area contributed by atoms with Crippen molar-refractivity contribution in [3.05, 3.63) is 74.0 Å². The summed E-state index contributed by atoms with van der Waals surface area (Å²) < 4.78 is 20.4. The summed E-state index contributed by atoms with van der Waals surface area (Å²) in [7, 11) is 1.42. The molecular formula is C26H24FN3O3S2. The number of benzene rings is 1. The number of thioether (sulfide) groups is 1. The van der Waals surface area contributed by atoms with E-state index >= 15 is 0 Å². The third-order valence-corrected chi connectivity index (χ3v) is 8.40. The van der Waals surface area contributed by atoms with E-state index in [-0.39, 0.29) is 17.7 Å². The maximum absolute atomic E-state index is 13.2. The smallest absolute Gasteiger partial charge is 0.341 e. The Morgan fingerprint density at radius 3 is 2.69 bits per heavy atom. The Kier molecular flexibility index (Phi) is 6.37. The molecule has 0 radical (unpaired) electrons. The summed E-state index contributed by atoms with van der Waals surface area (Å²) in [4.78, 5) is 31.6. The van der Waals surface area contributed by atoms with Crippen molar-refractivity contribution in [1.29, 1.82) is 0 Å². The topological polar surface area (TPSA) is 72.7 Å². The molecule has 180 valence electrons. The van der Waals surface area contributed by atoms with E-state index in [1.165, 1.54) is 35.9 Å². The van der Waals surface area contributed by atoms with Crippen LogP contribution in [0, 0.1) is 19.7 Å². The number of ether oxygens (including phenoxy) is 1. The summed E-state index contributed by atoms with van der Waals surface area (Å²) >= 11 is 2.90. The van der Waals surface area contributed by atoms with Crippen LogP contribution in [0.5, 0.6) is 0 Å². The number of nitrogens with one attached hydrogen (secondary N) is 1. The van der Waals surface area contributed by atoms with Crippen LogP contribution in [0.3, 0.4) is 0 Å². The molecule has 1 N–H and O–H groups in total. The third-order valence-electron chi connectivity index (χ3n) is 6.21. The molecule has 2 aromatic heterocycles. The number of amidine groups is 1. The van der Waals surface area contributed by atoms with E-state index in [1.54, 1.807) is 23.5 Å². The fraction of sp³-hybridized carbons (Fsp3) is 0.269. The highest BCUT2D eigenvalue weighted by Gasteiger charge is 2.29. The molecule has 0 bridgehead atoms. The Balaban J connectivity index is 1.50. The SMILES string of the molecule is COC(=O)c1c(-n2c(C)cc(/C=C3\SC(=Nc4ccc(F)cc4)NC3=O)c2C)sc2c1CCCC2. The van der Waals surface area contributed by atoms with Crippen molar-refractivity contribution in [3.8, 4) is 5.00 Å². The summed E-state index contributed by atoms with van der Waals surface area (Å²) in [6.45, 7) is 3.99. The van der Waals surface area contributed by atoms with Gasteiger partial charge in [0.1, 0.15) is 10.8 Å². The molecule has 6 nitrogen and oxygen atoms in total. The van der Waals surface area contributed by atoms with Gasteiger partial charge in [-0.3, -0.25) is 4.79 Å². The second-order valence-electron chi connectivity index (χ2n) is 8.50. The number of aliphatic imine (C=N–C) groups is 1. The van der Waals surface area contributed by atoms with Gasteiger partial charge in [0.15, 0.2) is 5.17 Å². The summed E-state index contributed by atoms with van der Waals surface area (Å²) in [5.41, 5.74) is 5.14. The number of thiophene rings is 1. The molecule has 5 rings (SSSR count). The van der Waals surface area contributed by atoms with Crippen LogP contribution < -0.4 is 5.32 Å². The van der Waals surface area contributed by atoms with Crippen LogP contribution in [0.4, 0.5) is 10.1 Å². The summed E-state index contributed by atoms with van der Waals surface area (Å²) in [5.74, 6) is -0.878. The minimum Gasteiger partial charge on any atom is -0.465 e. The predicted octanol–water partition coefficient (Wildman–Crippen LogP) is 5.85. The number of amides is 1. The Morgan fingerprint density at radius 1 is 1.20 bits per heavy atom. The van der Waals surface area contributed by atoms with Gasteiger partial charge in [0, 0.05) is 16.3 Å². The van der Waals surface area contributed by atoms with Crippen LogP contribution in [-0.4, -0.2) is 28.7 Å². The van der Waals surface area contributed by atoms with Crippen LogP contribution in [0.1, 0.15) is 50.6 Å². The fourth-order valence-electron chi connectivity index (χ4n) is 4.52. The van der Waals surface area contributed by atoms with Gasteiger partial charge in [-0.05, 0) is 98.8 Å². The number of carbonyl (C=O) groups excluding carboxylic acids is 2. The number of fused-ring (bicyclic) bond motifs is 1. The number of methoxy groups -OCH3 is 1. The third kappa shape index (κ3) is 4.46. The van der Waals surface area contributed by atoms with Gasteiger partial charge in [-0.25, -0.2) is 14.2 Å². The molecule has 9 heteroatoms. The van der Waals surface area contributed by atoms with Gasteiger partial charge in [0.05, 0.1) is 23.3 Å². The average molecular weight is 510 g/mol. The highest BCUT2D eigenvalue weighted by Crippen LogP contribution is 2.39. The van der Waals surface area contributed by atoms with Crippen LogP contribution in [0.15, 0.2) is 40.2 Å². The summed E-state index contributed by atoms with van der Waals surface area (Å²) in [6.07, 6.45) is 5.91. The van der Waals surface area contributed by atoms with Crippen molar-refractivity contribution in [2.45, 2.75) is 39.5 Å². The molecule has 1 saturated heterocycles. The number of rotatable bonds is 4. The molecule has 1 aromatic carbocycles. The molecule has 35 heavy (non-hydrogen) atoms. The maximum Gasteiger partial charge on any atom is 0.341 e. The molecule has 1 aliphatic carbocycles. The number of aromatic nitrogens is 1. The predicted molar refractivity (Wildman–Crippen MR) is 138 cm³/mol. The highest BCUT2D eigenvalue weighted by atomic mass is 32.2. The van der Waals surface area contributed by atoms with Gasteiger partial charge < -0.3 is 14.6 Å².